The minimum absolute atomic E-state index is 0.0445. The fourth-order valence-electron chi connectivity index (χ4n) is 2.41. The molecule has 0 saturated carbocycles. The summed E-state index contributed by atoms with van der Waals surface area (Å²) in [4.78, 5) is 11.7. The lowest BCUT2D eigenvalue weighted by atomic mass is 9.96. The molecule has 0 aliphatic carbocycles. The molecule has 4 nitrogen and oxygen atoms in total. The van der Waals surface area contributed by atoms with Gasteiger partial charge in [-0.1, -0.05) is 39.0 Å². The van der Waals surface area contributed by atoms with Crippen molar-refractivity contribution in [1.29, 1.82) is 0 Å². The molecule has 4 heteroatoms. The van der Waals surface area contributed by atoms with Gasteiger partial charge in [0.15, 0.2) is 0 Å². The van der Waals surface area contributed by atoms with Gasteiger partial charge in [-0.2, -0.15) is 0 Å². The van der Waals surface area contributed by atoms with Gasteiger partial charge in [0.05, 0.1) is 6.10 Å². The van der Waals surface area contributed by atoms with Crippen LogP contribution in [0.3, 0.4) is 0 Å². The van der Waals surface area contributed by atoms with Crippen LogP contribution in [0.25, 0.3) is 0 Å². The van der Waals surface area contributed by atoms with Gasteiger partial charge in [-0.05, 0) is 13.3 Å². The van der Waals surface area contributed by atoms with Crippen molar-refractivity contribution >= 4 is 5.91 Å². The molecule has 0 aromatic heterocycles. The van der Waals surface area contributed by atoms with Gasteiger partial charge < -0.3 is 15.2 Å². The van der Waals surface area contributed by atoms with Crippen LogP contribution in [0.4, 0.5) is 0 Å². The molecule has 0 radical (unpaired) electrons. The van der Waals surface area contributed by atoms with E-state index in [2.05, 4.69) is 12.2 Å². The molecule has 1 aliphatic heterocycles. The van der Waals surface area contributed by atoms with Crippen LogP contribution < -0.4 is 5.32 Å². The number of aliphatic hydroxyl groups is 1. The van der Waals surface area contributed by atoms with Gasteiger partial charge in [0.2, 0.25) is 5.91 Å². The molecule has 112 valence electrons. The number of amides is 1. The molecule has 2 N–H and O–H groups in total. The molecule has 1 rings (SSSR count). The average Bonchev–Trinajstić information content (AvgIpc) is 2.72. The molecule has 2 unspecified atom stereocenters. The number of rotatable bonds is 9. The number of nitrogens with one attached hydrogen (secondary N) is 1. The summed E-state index contributed by atoms with van der Waals surface area (Å²) in [6.07, 6.45) is 8.07. The number of carbonyl (C=O) groups excluding carboxylic acids is 1. The van der Waals surface area contributed by atoms with Crippen LogP contribution in [0.1, 0.15) is 65.2 Å². The van der Waals surface area contributed by atoms with Gasteiger partial charge in [0.1, 0.15) is 5.60 Å². The molecular formula is C15H29NO3. The topological polar surface area (TPSA) is 58.6 Å². The fraction of sp³-hybridized carbons (Fsp3) is 0.933. The molecule has 1 aliphatic rings. The summed E-state index contributed by atoms with van der Waals surface area (Å²) < 4.78 is 5.34. The van der Waals surface area contributed by atoms with Gasteiger partial charge in [-0.15, -0.1) is 0 Å². The highest BCUT2D eigenvalue weighted by atomic mass is 16.5. The van der Waals surface area contributed by atoms with Crippen molar-refractivity contribution in [2.24, 2.45) is 0 Å². The second kappa shape index (κ2) is 8.54. The zero-order chi connectivity index (χ0) is 14.1. The average molecular weight is 271 g/mol. The summed E-state index contributed by atoms with van der Waals surface area (Å²) in [6, 6.07) is 0. The highest BCUT2D eigenvalue weighted by Crippen LogP contribution is 2.24. The van der Waals surface area contributed by atoms with Crippen LogP contribution in [0, 0.1) is 0 Å². The monoisotopic (exact) mass is 271 g/mol. The van der Waals surface area contributed by atoms with Crippen molar-refractivity contribution in [3.05, 3.63) is 0 Å². The number of carbonyl (C=O) groups is 1. The lowest BCUT2D eigenvalue weighted by molar-refractivity contribution is -0.123. The second-order valence-electron chi connectivity index (χ2n) is 5.66. The summed E-state index contributed by atoms with van der Waals surface area (Å²) in [5, 5.41) is 13.1. The van der Waals surface area contributed by atoms with Crippen molar-refractivity contribution in [2.45, 2.75) is 76.9 Å². The van der Waals surface area contributed by atoms with E-state index in [-0.39, 0.29) is 12.0 Å². The molecule has 0 spiro atoms. The molecule has 19 heavy (non-hydrogen) atoms. The van der Waals surface area contributed by atoms with Crippen LogP contribution in [0.5, 0.6) is 0 Å². The molecule has 1 amide bonds. The van der Waals surface area contributed by atoms with E-state index < -0.39 is 5.60 Å². The van der Waals surface area contributed by atoms with E-state index in [1.807, 2.05) is 6.92 Å². The molecule has 0 aromatic carbocycles. The Labute approximate surface area is 116 Å². The third-order valence-electron chi connectivity index (χ3n) is 4.01. The highest BCUT2D eigenvalue weighted by Gasteiger charge is 2.39. The smallest absolute Gasteiger partial charge is 0.220 e. The van der Waals surface area contributed by atoms with E-state index in [4.69, 9.17) is 4.74 Å². The summed E-state index contributed by atoms with van der Waals surface area (Å²) >= 11 is 0. The number of hydrogen-bond donors (Lipinski definition) is 2. The summed E-state index contributed by atoms with van der Waals surface area (Å²) in [6.45, 7) is 4.94. The van der Waals surface area contributed by atoms with E-state index in [1.165, 1.54) is 25.7 Å². The highest BCUT2D eigenvalue weighted by molar-refractivity contribution is 5.75. The Balaban J connectivity index is 2.05. The summed E-state index contributed by atoms with van der Waals surface area (Å²) in [7, 11) is 0. The van der Waals surface area contributed by atoms with Gasteiger partial charge >= 0.3 is 0 Å². The Morgan fingerprint density at radius 1 is 1.32 bits per heavy atom. The zero-order valence-electron chi connectivity index (χ0n) is 12.4. The molecular weight excluding hydrogens is 242 g/mol. The second-order valence-corrected chi connectivity index (χ2v) is 5.66. The predicted molar refractivity (Wildman–Crippen MR) is 76.0 cm³/mol. The van der Waals surface area contributed by atoms with E-state index >= 15 is 0 Å². The lowest BCUT2D eigenvalue weighted by Gasteiger charge is -2.26. The summed E-state index contributed by atoms with van der Waals surface area (Å²) in [5.74, 6) is 0.0445. The Kier molecular flexibility index (Phi) is 7.39. The first kappa shape index (κ1) is 16.4. The van der Waals surface area contributed by atoms with Crippen LogP contribution in [0.15, 0.2) is 0 Å². The first-order chi connectivity index (χ1) is 9.08. The molecule has 0 bridgehead atoms. The van der Waals surface area contributed by atoms with Gasteiger partial charge in [-0.25, -0.2) is 0 Å². The van der Waals surface area contributed by atoms with Crippen molar-refractivity contribution in [3.63, 3.8) is 0 Å². The van der Waals surface area contributed by atoms with Crippen molar-refractivity contribution in [1.82, 2.24) is 5.32 Å². The fourth-order valence-corrected chi connectivity index (χ4v) is 2.41. The molecule has 0 aromatic rings. The maximum atomic E-state index is 11.7. The Morgan fingerprint density at radius 2 is 2.00 bits per heavy atom. The largest absolute Gasteiger partial charge is 0.385 e. The maximum absolute atomic E-state index is 11.7. The maximum Gasteiger partial charge on any atom is 0.220 e. The van der Waals surface area contributed by atoms with E-state index in [0.29, 0.717) is 26.0 Å². The predicted octanol–water partition coefficient (Wildman–Crippen LogP) is 2.39. The number of hydrogen-bond acceptors (Lipinski definition) is 3. The Morgan fingerprint density at radius 3 is 2.63 bits per heavy atom. The lowest BCUT2D eigenvalue weighted by Crippen LogP contribution is -2.47. The van der Waals surface area contributed by atoms with Gasteiger partial charge in [0, 0.05) is 26.0 Å². The van der Waals surface area contributed by atoms with Crippen LogP contribution >= 0.6 is 0 Å². The van der Waals surface area contributed by atoms with Gasteiger partial charge in [0.25, 0.3) is 0 Å². The molecule has 2 atom stereocenters. The third kappa shape index (κ3) is 5.91. The zero-order valence-corrected chi connectivity index (χ0v) is 12.4. The minimum atomic E-state index is -0.878. The molecule has 1 heterocycles. The first-order valence-corrected chi connectivity index (χ1v) is 7.69. The van der Waals surface area contributed by atoms with Gasteiger partial charge in [-0.3, -0.25) is 4.79 Å². The quantitative estimate of drug-likeness (QED) is 0.633. The first-order valence-electron chi connectivity index (χ1n) is 7.69. The van der Waals surface area contributed by atoms with Crippen LogP contribution in [0.2, 0.25) is 0 Å². The molecule has 1 fully saturated rings. The number of ether oxygens (including phenoxy) is 1. The van der Waals surface area contributed by atoms with E-state index in [0.717, 1.165) is 12.8 Å². The van der Waals surface area contributed by atoms with E-state index in [1.54, 1.807) is 0 Å². The normalized spacial score (nSPS) is 26.6. The van der Waals surface area contributed by atoms with Crippen molar-refractivity contribution in [2.75, 3.05) is 13.2 Å². The van der Waals surface area contributed by atoms with Crippen LogP contribution in [-0.4, -0.2) is 35.9 Å². The number of unbranched alkanes of at least 4 members (excludes halogenated alkanes) is 5. The van der Waals surface area contributed by atoms with Crippen molar-refractivity contribution in [3.8, 4) is 0 Å². The van der Waals surface area contributed by atoms with Crippen LogP contribution in [-0.2, 0) is 9.53 Å². The molecule has 1 saturated heterocycles. The summed E-state index contributed by atoms with van der Waals surface area (Å²) in [5.41, 5.74) is -0.878. The SMILES string of the molecule is CCCCCCCCC(=O)NCC1(O)CCOC1C. The van der Waals surface area contributed by atoms with Crippen molar-refractivity contribution < 1.29 is 14.6 Å². The minimum Gasteiger partial charge on any atom is -0.385 e. The third-order valence-corrected chi connectivity index (χ3v) is 4.01. The standard InChI is InChI=1S/C15H29NO3/c1-3-4-5-6-7-8-9-14(17)16-12-15(18)10-11-19-13(15)2/h13,18H,3-12H2,1-2H3,(H,16,17). The Hall–Kier alpha value is -0.610. The Bertz CT molecular complexity index is 270. The van der Waals surface area contributed by atoms with E-state index in [9.17, 15) is 9.90 Å².